The van der Waals surface area contributed by atoms with E-state index < -0.39 is 10.0 Å². The van der Waals surface area contributed by atoms with Crippen LogP contribution in [0.25, 0.3) is 16.9 Å². The van der Waals surface area contributed by atoms with E-state index in [0.717, 1.165) is 4.31 Å². The van der Waals surface area contributed by atoms with E-state index in [1.54, 1.807) is 18.3 Å². The first-order chi connectivity index (χ1) is 11.3. The first kappa shape index (κ1) is 16.2. The fraction of sp³-hybridized carbons (Fsp3) is 0.200. The third-order valence-electron chi connectivity index (χ3n) is 3.58. The van der Waals surface area contributed by atoms with Crippen LogP contribution in [0.15, 0.2) is 46.2 Å². The number of imidazole rings is 1. The van der Waals surface area contributed by atoms with Gasteiger partial charge in [-0.3, -0.25) is 9.89 Å². The Morgan fingerprint density at radius 3 is 2.62 bits per heavy atom. The fourth-order valence-electron chi connectivity index (χ4n) is 2.29. The molecule has 0 spiro atoms. The molecule has 0 radical (unpaired) electrons. The van der Waals surface area contributed by atoms with E-state index in [1.165, 1.54) is 43.9 Å². The van der Waals surface area contributed by atoms with Gasteiger partial charge in [0.15, 0.2) is 5.65 Å². The molecule has 8 nitrogen and oxygen atoms in total. The number of fused-ring (bicyclic) bond motifs is 1. The molecule has 0 saturated heterocycles. The van der Waals surface area contributed by atoms with Crippen molar-refractivity contribution in [1.82, 2.24) is 18.9 Å². The molecule has 0 saturated carbocycles. The molecule has 1 N–H and O–H groups in total. The number of rotatable bonds is 4. The lowest BCUT2D eigenvalue weighted by Crippen LogP contribution is -2.22. The highest BCUT2D eigenvalue weighted by molar-refractivity contribution is 7.89. The molecule has 3 rings (SSSR count). The molecule has 0 aliphatic rings. The van der Waals surface area contributed by atoms with Crippen molar-refractivity contribution in [1.29, 1.82) is 0 Å². The molecule has 1 aromatic carbocycles. The second kappa shape index (κ2) is 5.77. The molecule has 3 aromatic rings. The van der Waals surface area contributed by atoms with Crippen molar-refractivity contribution in [2.75, 3.05) is 21.2 Å². The van der Waals surface area contributed by atoms with E-state index in [1.807, 2.05) is 0 Å². The molecule has 0 fully saturated rings. The number of hydrogen-bond donors (Lipinski definition) is 1. The van der Waals surface area contributed by atoms with Gasteiger partial charge in [-0.1, -0.05) is 0 Å². The third kappa shape index (κ3) is 2.68. The summed E-state index contributed by atoms with van der Waals surface area (Å²) in [5.41, 5.74) is 1.50. The van der Waals surface area contributed by atoms with E-state index in [-0.39, 0.29) is 10.5 Å². The number of nitrogens with zero attached hydrogens (tertiary/aromatic N) is 3. The zero-order chi connectivity index (χ0) is 17.5. The van der Waals surface area contributed by atoms with E-state index >= 15 is 0 Å². The van der Waals surface area contributed by atoms with Crippen molar-refractivity contribution in [2.24, 2.45) is 0 Å². The van der Waals surface area contributed by atoms with Gasteiger partial charge < -0.3 is 4.74 Å². The van der Waals surface area contributed by atoms with Gasteiger partial charge in [0.1, 0.15) is 5.75 Å². The fourth-order valence-corrected chi connectivity index (χ4v) is 3.21. The van der Waals surface area contributed by atoms with Crippen molar-refractivity contribution in [3.05, 3.63) is 46.9 Å². The van der Waals surface area contributed by atoms with Gasteiger partial charge in [0.05, 0.1) is 23.9 Å². The van der Waals surface area contributed by atoms with E-state index in [0.29, 0.717) is 22.7 Å². The van der Waals surface area contributed by atoms with Gasteiger partial charge in [0.25, 0.3) is 5.56 Å². The number of benzene rings is 1. The second-order valence-corrected chi connectivity index (χ2v) is 7.47. The maximum Gasteiger partial charge on any atom is 0.262 e. The highest BCUT2D eigenvalue weighted by atomic mass is 32.2. The standard InChI is InChI=1S/C15H16N4O4S/c1-18(2)24(21,22)10-4-5-11(13(8-10)23-3)12-9-19-14(16-12)6-7-15(20)17-19/h4-9H,1-3H3,(H,17,20). The Hall–Kier alpha value is -2.65. The molecule has 0 amide bonds. The summed E-state index contributed by atoms with van der Waals surface area (Å²) in [4.78, 5) is 15.9. The Morgan fingerprint density at radius 2 is 1.96 bits per heavy atom. The number of nitrogens with one attached hydrogen (secondary N) is 1. The first-order valence-electron chi connectivity index (χ1n) is 7.02. The molecule has 0 bridgehead atoms. The predicted octanol–water partition coefficient (Wildman–Crippen LogP) is 0.948. The summed E-state index contributed by atoms with van der Waals surface area (Å²) in [7, 11) is 0.835. The maximum absolute atomic E-state index is 12.2. The third-order valence-corrected chi connectivity index (χ3v) is 5.39. The normalized spacial score (nSPS) is 12.0. The molecule has 2 aromatic heterocycles. The number of ether oxygens (including phenoxy) is 1. The molecule has 2 heterocycles. The summed E-state index contributed by atoms with van der Waals surface area (Å²) in [5.74, 6) is 0.378. The summed E-state index contributed by atoms with van der Waals surface area (Å²) < 4.78 is 32.4. The Labute approximate surface area is 138 Å². The monoisotopic (exact) mass is 348 g/mol. The van der Waals surface area contributed by atoms with Gasteiger partial charge in [-0.25, -0.2) is 22.2 Å². The molecule has 24 heavy (non-hydrogen) atoms. The molecule has 0 atom stereocenters. The number of aromatic nitrogens is 3. The Morgan fingerprint density at radius 1 is 1.21 bits per heavy atom. The van der Waals surface area contributed by atoms with Crippen LogP contribution in [0.2, 0.25) is 0 Å². The lowest BCUT2D eigenvalue weighted by molar-refractivity contribution is 0.414. The number of methoxy groups -OCH3 is 1. The van der Waals surface area contributed by atoms with Gasteiger partial charge in [-0.2, -0.15) is 0 Å². The molecular formula is C15H16N4O4S. The quantitative estimate of drug-likeness (QED) is 0.757. The van der Waals surface area contributed by atoms with Gasteiger partial charge in [-0.15, -0.1) is 0 Å². The second-order valence-electron chi connectivity index (χ2n) is 5.31. The largest absolute Gasteiger partial charge is 0.496 e. The van der Waals surface area contributed by atoms with Crippen LogP contribution >= 0.6 is 0 Å². The predicted molar refractivity (Wildman–Crippen MR) is 88.7 cm³/mol. The summed E-state index contributed by atoms with van der Waals surface area (Å²) in [6.07, 6.45) is 1.65. The topological polar surface area (TPSA) is 96.8 Å². The summed E-state index contributed by atoms with van der Waals surface area (Å²) in [6.45, 7) is 0. The van der Waals surface area contributed by atoms with Gasteiger partial charge in [0.2, 0.25) is 10.0 Å². The SMILES string of the molecule is COc1cc(S(=O)(=O)N(C)C)ccc1-c1cn2[nH]c(=O)ccc2n1. The Kier molecular flexibility index (Phi) is 3.90. The van der Waals surface area contributed by atoms with E-state index in [9.17, 15) is 13.2 Å². The van der Waals surface area contributed by atoms with Crippen LogP contribution in [0.5, 0.6) is 5.75 Å². The van der Waals surface area contributed by atoms with Gasteiger partial charge in [0, 0.05) is 31.8 Å². The van der Waals surface area contributed by atoms with Crippen LogP contribution in [-0.4, -0.2) is 48.5 Å². The molecular weight excluding hydrogens is 332 g/mol. The molecule has 9 heteroatoms. The van der Waals surface area contributed by atoms with Crippen molar-refractivity contribution in [3.63, 3.8) is 0 Å². The van der Waals surface area contributed by atoms with Gasteiger partial charge >= 0.3 is 0 Å². The summed E-state index contributed by atoms with van der Waals surface area (Å²) >= 11 is 0. The number of H-pyrrole nitrogens is 1. The lowest BCUT2D eigenvalue weighted by atomic mass is 10.1. The summed E-state index contributed by atoms with van der Waals surface area (Å²) in [5, 5.41) is 2.62. The summed E-state index contributed by atoms with van der Waals surface area (Å²) in [6, 6.07) is 7.57. The van der Waals surface area contributed by atoms with Crippen molar-refractivity contribution < 1.29 is 13.2 Å². The number of hydrogen-bond acceptors (Lipinski definition) is 5. The van der Waals surface area contributed by atoms with Crippen molar-refractivity contribution in [3.8, 4) is 17.0 Å². The van der Waals surface area contributed by atoms with Crippen LogP contribution in [0.3, 0.4) is 0 Å². The maximum atomic E-state index is 12.2. The molecule has 0 aliphatic heterocycles. The van der Waals surface area contributed by atoms with Crippen LogP contribution in [0.4, 0.5) is 0 Å². The average molecular weight is 348 g/mol. The molecule has 0 aliphatic carbocycles. The van der Waals surface area contributed by atoms with Crippen LogP contribution in [0.1, 0.15) is 0 Å². The Balaban J connectivity index is 2.15. The first-order valence-corrected chi connectivity index (χ1v) is 8.46. The lowest BCUT2D eigenvalue weighted by Gasteiger charge is -2.13. The van der Waals surface area contributed by atoms with E-state index in [4.69, 9.17) is 4.74 Å². The highest BCUT2D eigenvalue weighted by Crippen LogP contribution is 2.32. The zero-order valence-corrected chi connectivity index (χ0v) is 14.2. The van der Waals surface area contributed by atoms with Crippen LogP contribution < -0.4 is 10.3 Å². The zero-order valence-electron chi connectivity index (χ0n) is 13.3. The minimum atomic E-state index is -3.56. The minimum Gasteiger partial charge on any atom is -0.496 e. The molecule has 0 unspecified atom stereocenters. The highest BCUT2D eigenvalue weighted by Gasteiger charge is 2.20. The number of sulfonamides is 1. The van der Waals surface area contributed by atoms with Crippen molar-refractivity contribution in [2.45, 2.75) is 4.90 Å². The number of aromatic amines is 1. The van der Waals surface area contributed by atoms with E-state index in [2.05, 4.69) is 10.1 Å². The minimum absolute atomic E-state index is 0.130. The molecule has 126 valence electrons. The smallest absolute Gasteiger partial charge is 0.262 e. The van der Waals surface area contributed by atoms with Crippen molar-refractivity contribution >= 4 is 15.7 Å². The van der Waals surface area contributed by atoms with Crippen LogP contribution in [-0.2, 0) is 10.0 Å². The Bertz CT molecular complexity index is 1070. The van der Waals surface area contributed by atoms with Crippen LogP contribution in [0, 0.1) is 0 Å². The van der Waals surface area contributed by atoms with Gasteiger partial charge in [-0.05, 0) is 18.2 Å². The average Bonchev–Trinajstić information content (AvgIpc) is 2.96.